The van der Waals surface area contributed by atoms with Crippen LogP contribution in [0.15, 0.2) is 188 Å². The maximum absolute atomic E-state index is 2.78. The Morgan fingerprint density at radius 2 is 1.08 bits per heavy atom. The molecule has 8 aromatic carbocycles. The summed E-state index contributed by atoms with van der Waals surface area (Å²) in [5.41, 5.74) is 16.9. The molecule has 1 nitrogen and oxygen atoms in total. The van der Waals surface area contributed by atoms with Gasteiger partial charge in [-0.3, -0.25) is 0 Å². The Balaban J connectivity index is 1.24. The van der Waals surface area contributed by atoms with Gasteiger partial charge < -0.3 is 4.90 Å². The van der Waals surface area contributed by atoms with Crippen LogP contribution in [0, 0.1) is 6.92 Å². The number of rotatable bonds is 7. The molecule has 1 fully saturated rings. The molecule has 290 valence electrons. The Labute approximate surface area is 351 Å². The summed E-state index contributed by atoms with van der Waals surface area (Å²) < 4.78 is 0. The van der Waals surface area contributed by atoms with Crippen LogP contribution in [0.5, 0.6) is 0 Å². The maximum Gasteiger partial charge on any atom is 0.0714 e. The molecule has 2 aliphatic carbocycles. The molecule has 59 heavy (non-hydrogen) atoms. The monoisotopic (exact) mass is 763 g/mol. The standard InChI is InChI=1S/C58H53N/c1-40-19-18-30-53-56(40)50-36-35-48(39-54(50)58(53,45-24-10-6-11-25-45)46-26-12-7-13-27-46)59(47-33-31-42(32-34-47)41-20-8-5-9-21-41)55-38-44-23-15-14-22-43(44)37-51(55)49-28-16-17-29-52(49)57(2,3)4/h5-30,35-39,42,47H,31-34H2,1-4H3. The normalized spacial score (nSPS) is 17.0. The van der Waals surface area contributed by atoms with Gasteiger partial charge >= 0.3 is 0 Å². The minimum absolute atomic E-state index is 0.0275. The van der Waals surface area contributed by atoms with Gasteiger partial charge in [0.15, 0.2) is 0 Å². The molecule has 8 aromatic rings. The van der Waals surface area contributed by atoms with Crippen LogP contribution in [-0.4, -0.2) is 6.04 Å². The Hall–Kier alpha value is -6.18. The highest BCUT2D eigenvalue weighted by Crippen LogP contribution is 2.58. The van der Waals surface area contributed by atoms with E-state index in [-0.39, 0.29) is 5.41 Å². The smallest absolute Gasteiger partial charge is 0.0714 e. The van der Waals surface area contributed by atoms with Crippen molar-refractivity contribution in [3.63, 3.8) is 0 Å². The largest absolute Gasteiger partial charge is 0.338 e. The van der Waals surface area contributed by atoms with Crippen molar-refractivity contribution in [2.24, 2.45) is 0 Å². The quantitative estimate of drug-likeness (QED) is 0.156. The lowest BCUT2D eigenvalue weighted by atomic mass is 9.67. The highest BCUT2D eigenvalue weighted by Gasteiger charge is 2.47. The summed E-state index contributed by atoms with van der Waals surface area (Å²) in [4.78, 5) is 2.78. The van der Waals surface area contributed by atoms with Gasteiger partial charge in [0, 0.05) is 23.0 Å². The lowest BCUT2D eigenvalue weighted by Crippen LogP contribution is -2.35. The van der Waals surface area contributed by atoms with E-state index in [0.717, 1.165) is 12.8 Å². The van der Waals surface area contributed by atoms with Crippen molar-refractivity contribution in [1.29, 1.82) is 0 Å². The molecular weight excluding hydrogens is 711 g/mol. The van der Waals surface area contributed by atoms with Gasteiger partial charge in [-0.25, -0.2) is 0 Å². The molecule has 0 amide bonds. The molecular formula is C58H53N. The second-order valence-electron chi connectivity index (χ2n) is 18.0. The zero-order valence-corrected chi connectivity index (χ0v) is 34.8. The van der Waals surface area contributed by atoms with E-state index in [2.05, 4.69) is 221 Å². The summed E-state index contributed by atoms with van der Waals surface area (Å²) >= 11 is 0. The second kappa shape index (κ2) is 14.9. The Bertz CT molecular complexity index is 2730. The number of hydrogen-bond donors (Lipinski definition) is 0. The third kappa shape index (κ3) is 6.31. The molecule has 0 radical (unpaired) electrons. The fourth-order valence-electron chi connectivity index (χ4n) is 10.8. The molecule has 1 saturated carbocycles. The van der Waals surface area contributed by atoms with E-state index < -0.39 is 5.41 Å². The number of anilines is 2. The molecule has 0 saturated heterocycles. The highest BCUT2D eigenvalue weighted by molar-refractivity contribution is 5.98. The van der Waals surface area contributed by atoms with Gasteiger partial charge in [0.05, 0.1) is 5.41 Å². The lowest BCUT2D eigenvalue weighted by Gasteiger charge is -2.41. The van der Waals surface area contributed by atoms with E-state index in [1.807, 2.05) is 0 Å². The van der Waals surface area contributed by atoms with Crippen molar-refractivity contribution in [2.75, 3.05) is 4.90 Å². The van der Waals surface area contributed by atoms with E-state index in [1.165, 1.54) is 96.2 Å². The van der Waals surface area contributed by atoms with Crippen LogP contribution in [0.3, 0.4) is 0 Å². The zero-order chi connectivity index (χ0) is 40.1. The van der Waals surface area contributed by atoms with Crippen molar-refractivity contribution >= 4 is 22.1 Å². The van der Waals surface area contributed by atoms with Crippen molar-refractivity contribution in [3.05, 3.63) is 227 Å². The van der Waals surface area contributed by atoms with Gasteiger partial charge in [-0.15, -0.1) is 0 Å². The van der Waals surface area contributed by atoms with Crippen molar-refractivity contribution in [1.82, 2.24) is 0 Å². The van der Waals surface area contributed by atoms with E-state index in [4.69, 9.17) is 0 Å². The average Bonchev–Trinajstić information content (AvgIpc) is 3.58. The lowest BCUT2D eigenvalue weighted by molar-refractivity contribution is 0.392. The van der Waals surface area contributed by atoms with Crippen molar-refractivity contribution in [2.45, 2.75) is 76.2 Å². The summed E-state index contributed by atoms with van der Waals surface area (Å²) in [6.07, 6.45) is 4.57. The number of benzene rings is 8. The highest BCUT2D eigenvalue weighted by atomic mass is 15.2. The maximum atomic E-state index is 2.78. The Morgan fingerprint density at radius 3 is 1.75 bits per heavy atom. The average molecular weight is 764 g/mol. The summed E-state index contributed by atoms with van der Waals surface area (Å²) in [5.74, 6) is 0.577. The van der Waals surface area contributed by atoms with Crippen molar-refractivity contribution < 1.29 is 0 Å². The molecule has 0 atom stereocenters. The summed E-state index contributed by atoms with van der Waals surface area (Å²) in [6, 6.07) is 71.5. The minimum Gasteiger partial charge on any atom is -0.338 e. The predicted octanol–water partition coefficient (Wildman–Crippen LogP) is 15.3. The van der Waals surface area contributed by atoms with Crippen LogP contribution in [-0.2, 0) is 10.8 Å². The van der Waals surface area contributed by atoms with Crippen molar-refractivity contribution in [3.8, 4) is 22.3 Å². The van der Waals surface area contributed by atoms with E-state index in [1.54, 1.807) is 0 Å². The van der Waals surface area contributed by atoms with Crippen LogP contribution in [0.1, 0.15) is 91.3 Å². The van der Waals surface area contributed by atoms with Crippen LogP contribution < -0.4 is 4.90 Å². The second-order valence-corrected chi connectivity index (χ2v) is 18.0. The molecule has 0 bridgehead atoms. The van der Waals surface area contributed by atoms with Gasteiger partial charge in [0.2, 0.25) is 0 Å². The predicted molar refractivity (Wildman–Crippen MR) is 250 cm³/mol. The first-order valence-electron chi connectivity index (χ1n) is 21.7. The first-order valence-corrected chi connectivity index (χ1v) is 21.7. The van der Waals surface area contributed by atoms with Crippen LogP contribution >= 0.6 is 0 Å². The third-order valence-electron chi connectivity index (χ3n) is 13.5. The molecule has 0 unspecified atom stereocenters. The molecule has 1 heteroatoms. The molecule has 0 aromatic heterocycles. The third-order valence-corrected chi connectivity index (χ3v) is 13.5. The molecule has 0 spiro atoms. The van der Waals surface area contributed by atoms with Gasteiger partial charge in [0.25, 0.3) is 0 Å². The molecule has 0 heterocycles. The first-order chi connectivity index (χ1) is 28.8. The van der Waals surface area contributed by atoms with Crippen LogP contribution in [0.2, 0.25) is 0 Å². The van der Waals surface area contributed by atoms with Gasteiger partial charge in [-0.2, -0.15) is 0 Å². The SMILES string of the molecule is Cc1cccc2c1-c1ccc(N(c3cc4ccccc4cc3-c3ccccc3C(C)(C)C)C3CCC(c4ccccc4)CC3)cc1C2(c1ccccc1)c1ccccc1. The summed E-state index contributed by atoms with van der Waals surface area (Å²) in [6.45, 7) is 9.33. The van der Waals surface area contributed by atoms with Gasteiger partial charge in [-0.1, -0.05) is 185 Å². The molecule has 10 rings (SSSR count). The molecule has 0 N–H and O–H groups in total. The Kier molecular flexibility index (Phi) is 9.36. The molecule has 2 aliphatic rings. The number of nitrogens with zero attached hydrogens (tertiary/aromatic N) is 1. The summed E-state index contributed by atoms with van der Waals surface area (Å²) in [5, 5.41) is 2.55. The fourth-order valence-corrected chi connectivity index (χ4v) is 10.8. The molecule has 0 aliphatic heterocycles. The van der Waals surface area contributed by atoms with Gasteiger partial charge in [-0.05, 0) is 135 Å². The summed E-state index contributed by atoms with van der Waals surface area (Å²) in [7, 11) is 0. The number of fused-ring (bicyclic) bond motifs is 4. The van der Waals surface area contributed by atoms with E-state index in [9.17, 15) is 0 Å². The number of aryl methyl sites for hydroxylation is 1. The topological polar surface area (TPSA) is 3.24 Å². The van der Waals surface area contributed by atoms with Crippen LogP contribution in [0.4, 0.5) is 11.4 Å². The minimum atomic E-state index is -0.475. The fraction of sp³-hybridized carbons (Fsp3) is 0.207. The van der Waals surface area contributed by atoms with E-state index in [0.29, 0.717) is 12.0 Å². The van der Waals surface area contributed by atoms with E-state index >= 15 is 0 Å². The Morgan fingerprint density at radius 1 is 0.492 bits per heavy atom. The van der Waals surface area contributed by atoms with Gasteiger partial charge in [0.1, 0.15) is 0 Å². The number of hydrogen-bond acceptors (Lipinski definition) is 1. The first kappa shape index (κ1) is 37.1. The van der Waals surface area contributed by atoms with Crippen LogP contribution in [0.25, 0.3) is 33.0 Å². The zero-order valence-electron chi connectivity index (χ0n) is 34.8.